The van der Waals surface area contributed by atoms with E-state index in [9.17, 15) is 4.79 Å². The molecule has 1 amide bonds. The van der Waals surface area contributed by atoms with E-state index in [-0.39, 0.29) is 5.91 Å². The second kappa shape index (κ2) is 5.46. The van der Waals surface area contributed by atoms with Crippen molar-refractivity contribution in [2.45, 2.75) is 0 Å². The summed E-state index contributed by atoms with van der Waals surface area (Å²) >= 11 is 0. The van der Waals surface area contributed by atoms with E-state index in [1.165, 1.54) is 0 Å². The van der Waals surface area contributed by atoms with Crippen molar-refractivity contribution in [3.05, 3.63) is 60.3 Å². The normalized spacial score (nSPS) is 10.3. The van der Waals surface area contributed by atoms with Gasteiger partial charge in [-0.2, -0.15) is 15.4 Å². The summed E-state index contributed by atoms with van der Waals surface area (Å²) < 4.78 is 0. The van der Waals surface area contributed by atoms with Crippen molar-refractivity contribution in [3.63, 3.8) is 0 Å². The quantitative estimate of drug-likeness (QED) is 0.641. The number of carbonyl (C=O) groups is 1. The SMILES string of the molecule is Nc1ccccc1NC(=O)c1ccc(-c2cn[nH]n2)cc1. The van der Waals surface area contributed by atoms with Crippen molar-refractivity contribution in [3.8, 4) is 11.3 Å². The van der Waals surface area contributed by atoms with E-state index in [0.717, 1.165) is 11.3 Å². The molecule has 0 aliphatic carbocycles. The summed E-state index contributed by atoms with van der Waals surface area (Å²) in [5, 5.41) is 13.1. The number of aromatic nitrogens is 3. The first-order valence-corrected chi connectivity index (χ1v) is 6.36. The summed E-state index contributed by atoms with van der Waals surface area (Å²) in [6.07, 6.45) is 1.62. The van der Waals surface area contributed by atoms with E-state index >= 15 is 0 Å². The number of nitrogens with two attached hydrogens (primary N) is 1. The lowest BCUT2D eigenvalue weighted by Gasteiger charge is -2.08. The van der Waals surface area contributed by atoms with Gasteiger partial charge >= 0.3 is 0 Å². The van der Waals surface area contributed by atoms with Crippen LogP contribution < -0.4 is 11.1 Å². The number of amides is 1. The van der Waals surface area contributed by atoms with Crippen LogP contribution >= 0.6 is 0 Å². The summed E-state index contributed by atoms with van der Waals surface area (Å²) in [4.78, 5) is 12.2. The molecule has 1 heterocycles. The molecule has 21 heavy (non-hydrogen) atoms. The molecule has 3 rings (SSSR count). The molecule has 4 N–H and O–H groups in total. The fourth-order valence-electron chi connectivity index (χ4n) is 1.94. The van der Waals surface area contributed by atoms with Gasteiger partial charge in [0.2, 0.25) is 0 Å². The van der Waals surface area contributed by atoms with Crippen molar-refractivity contribution < 1.29 is 4.79 Å². The molecule has 0 atom stereocenters. The van der Waals surface area contributed by atoms with Crippen LogP contribution in [-0.2, 0) is 0 Å². The van der Waals surface area contributed by atoms with Gasteiger partial charge in [-0.3, -0.25) is 4.79 Å². The zero-order valence-corrected chi connectivity index (χ0v) is 11.1. The highest BCUT2D eigenvalue weighted by molar-refractivity contribution is 6.05. The van der Waals surface area contributed by atoms with E-state index in [0.29, 0.717) is 16.9 Å². The molecular formula is C15H13N5O. The van der Waals surface area contributed by atoms with Crippen molar-refractivity contribution in [2.24, 2.45) is 0 Å². The van der Waals surface area contributed by atoms with E-state index in [4.69, 9.17) is 5.73 Å². The van der Waals surface area contributed by atoms with E-state index < -0.39 is 0 Å². The fourth-order valence-corrected chi connectivity index (χ4v) is 1.94. The number of anilines is 2. The highest BCUT2D eigenvalue weighted by Gasteiger charge is 2.08. The van der Waals surface area contributed by atoms with E-state index in [1.54, 1.807) is 30.5 Å². The molecule has 0 fully saturated rings. The third-order valence-corrected chi connectivity index (χ3v) is 3.07. The average Bonchev–Trinajstić information content (AvgIpc) is 3.04. The van der Waals surface area contributed by atoms with Gasteiger partial charge in [-0.25, -0.2) is 0 Å². The third-order valence-electron chi connectivity index (χ3n) is 3.07. The van der Waals surface area contributed by atoms with Crippen LogP contribution in [0.1, 0.15) is 10.4 Å². The largest absolute Gasteiger partial charge is 0.397 e. The second-order valence-corrected chi connectivity index (χ2v) is 4.47. The highest BCUT2D eigenvalue weighted by atomic mass is 16.1. The molecule has 6 nitrogen and oxygen atoms in total. The third kappa shape index (κ3) is 2.74. The molecule has 0 unspecified atom stereocenters. The predicted octanol–water partition coefficient (Wildman–Crippen LogP) is 2.31. The summed E-state index contributed by atoms with van der Waals surface area (Å²) in [6.45, 7) is 0. The molecule has 0 spiro atoms. The molecule has 2 aromatic carbocycles. The van der Waals surface area contributed by atoms with Gasteiger partial charge in [0.25, 0.3) is 5.91 Å². The minimum absolute atomic E-state index is 0.209. The fraction of sp³-hybridized carbons (Fsp3) is 0. The van der Waals surface area contributed by atoms with Crippen LogP contribution in [0.2, 0.25) is 0 Å². The van der Waals surface area contributed by atoms with Gasteiger partial charge in [-0.05, 0) is 24.3 Å². The summed E-state index contributed by atoms with van der Waals surface area (Å²) in [6, 6.07) is 14.2. The maximum absolute atomic E-state index is 12.2. The van der Waals surface area contributed by atoms with Gasteiger partial charge in [0.05, 0.1) is 17.6 Å². The summed E-state index contributed by atoms with van der Waals surface area (Å²) in [5.74, 6) is -0.209. The van der Waals surface area contributed by atoms with Crippen molar-refractivity contribution in [1.29, 1.82) is 0 Å². The Morgan fingerprint density at radius 2 is 1.86 bits per heavy atom. The number of rotatable bonds is 3. The number of hydrogen-bond donors (Lipinski definition) is 3. The molecule has 0 bridgehead atoms. The minimum Gasteiger partial charge on any atom is -0.397 e. The Labute approximate surface area is 121 Å². The number of hydrogen-bond acceptors (Lipinski definition) is 4. The first-order chi connectivity index (χ1) is 10.2. The molecule has 0 aliphatic rings. The predicted molar refractivity (Wildman–Crippen MR) is 80.6 cm³/mol. The van der Waals surface area contributed by atoms with Crippen LogP contribution in [-0.4, -0.2) is 21.3 Å². The molecule has 3 aromatic rings. The number of nitrogens with zero attached hydrogens (tertiary/aromatic N) is 2. The highest BCUT2D eigenvalue weighted by Crippen LogP contribution is 2.19. The van der Waals surface area contributed by atoms with Crippen LogP contribution in [0.4, 0.5) is 11.4 Å². The van der Waals surface area contributed by atoms with Gasteiger partial charge in [0, 0.05) is 11.1 Å². The first-order valence-electron chi connectivity index (χ1n) is 6.36. The lowest BCUT2D eigenvalue weighted by molar-refractivity contribution is 0.102. The number of aromatic amines is 1. The lowest BCUT2D eigenvalue weighted by Crippen LogP contribution is -2.12. The molecule has 1 aromatic heterocycles. The zero-order chi connectivity index (χ0) is 14.7. The van der Waals surface area contributed by atoms with Crippen LogP contribution in [0.15, 0.2) is 54.7 Å². The maximum atomic E-state index is 12.2. The standard InChI is InChI=1S/C15H13N5O/c16-12-3-1-2-4-13(12)18-15(21)11-7-5-10(6-8-11)14-9-17-20-19-14/h1-9H,16H2,(H,18,21)(H,17,19,20). The molecule has 0 aliphatic heterocycles. The monoisotopic (exact) mass is 279 g/mol. The smallest absolute Gasteiger partial charge is 0.255 e. The zero-order valence-electron chi connectivity index (χ0n) is 11.1. The number of carbonyl (C=O) groups excluding carboxylic acids is 1. The van der Waals surface area contributed by atoms with Crippen LogP contribution in [0.25, 0.3) is 11.3 Å². The minimum atomic E-state index is -0.209. The molecular weight excluding hydrogens is 266 g/mol. The second-order valence-electron chi connectivity index (χ2n) is 4.47. The molecule has 0 saturated heterocycles. The Morgan fingerprint density at radius 3 is 2.52 bits per heavy atom. The van der Waals surface area contributed by atoms with Crippen LogP contribution in [0, 0.1) is 0 Å². The van der Waals surface area contributed by atoms with Crippen molar-refractivity contribution in [1.82, 2.24) is 15.4 Å². The Kier molecular flexibility index (Phi) is 3.34. The van der Waals surface area contributed by atoms with Gasteiger partial charge in [0.15, 0.2) is 0 Å². The summed E-state index contributed by atoms with van der Waals surface area (Å²) in [5.41, 5.74) is 9.10. The maximum Gasteiger partial charge on any atom is 0.255 e. The Bertz CT molecular complexity index is 750. The van der Waals surface area contributed by atoms with Gasteiger partial charge in [-0.15, -0.1) is 0 Å². The molecule has 0 radical (unpaired) electrons. The summed E-state index contributed by atoms with van der Waals surface area (Å²) in [7, 11) is 0. The van der Waals surface area contributed by atoms with E-state index in [2.05, 4.69) is 20.7 Å². The van der Waals surface area contributed by atoms with E-state index in [1.807, 2.05) is 24.3 Å². The number of nitrogens with one attached hydrogen (secondary N) is 2. The Balaban J connectivity index is 1.78. The molecule has 0 saturated carbocycles. The van der Waals surface area contributed by atoms with Gasteiger partial charge in [-0.1, -0.05) is 24.3 Å². The average molecular weight is 279 g/mol. The topological polar surface area (TPSA) is 96.7 Å². The number of benzene rings is 2. The molecule has 104 valence electrons. The van der Waals surface area contributed by atoms with Crippen molar-refractivity contribution >= 4 is 17.3 Å². The lowest BCUT2D eigenvalue weighted by atomic mass is 10.1. The van der Waals surface area contributed by atoms with Crippen LogP contribution in [0.5, 0.6) is 0 Å². The Hall–Kier alpha value is -3.15. The number of para-hydroxylation sites is 2. The van der Waals surface area contributed by atoms with Gasteiger partial charge in [0.1, 0.15) is 5.69 Å². The number of H-pyrrole nitrogens is 1. The first kappa shape index (κ1) is 12.9. The molecule has 6 heteroatoms. The van der Waals surface area contributed by atoms with Crippen molar-refractivity contribution in [2.75, 3.05) is 11.1 Å². The number of nitrogen functional groups attached to an aromatic ring is 1. The van der Waals surface area contributed by atoms with Gasteiger partial charge < -0.3 is 11.1 Å². The van der Waals surface area contributed by atoms with Crippen LogP contribution in [0.3, 0.4) is 0 Å². The Morgan fingerprint density at radius 1 is 1.10 bits per heavy atom.